The minimum Gasteiger partial charge on any atom is -0.493 e. The van der Waals surface area contributed by atoms with Gasteiger partial charge in [-0.3, -0.25) is 0 Å². The Balaban J connectivity index is 2.15. The van der Waals surface area contributed by atoms with E-state index < -0.39 is 6.04 Å². The highest BCUT2D eigenvalue weighted by molar-refractivity contribution is 9.10. The molecule has 1 N–H and O–H groups in total. The Bertz CT molecular complexity index is 893. The van der Waals surface area contributed by atoms with Crippen molar-refractivity contribution < 1.29 is 19.0 Å². The molecule has 0 amide bonds. The number of allylic oxidation sites excluding steroid dienone is 1. The van der Waals surface area contributed by atoms with E-state index in [4.69, 9.17) is 14.2 Å². The molecule has 0 saturated carbocycles. The predicted octanol–water partition coefficient (Wildman–Crippen LogP) is 3.30. The van der Waals surface area contributed by atoms with E-state index in [2.05, 4.69) is 31.3 Å². The van der Waals surface area contributed by atoms with Gasteiger partial charge in [-0.2, -0.15) is 10.1 Å². The minimum absolute atomic E-state index is 0.349. The van der Waals surface area contributed by atoms with Crippen molar-refractivity contribution in [3.63, 3.8) is 0 Å². The van der Waals surface area contributed by atoms with Crippen LogP contribution < -0.4 is 14.8 Å². The molecule has 144 valence electrons. The maximum Gasteiger partial charge on any atom is 0.338 e. The van der Waals surface area contributed by atoms with Gasteiger partial charge in [-0.15, -0.1) is 0 Å². The van der Waals surface area contributed by atoms with E-state index >= 15 is 0 Å². The first kappa shape index (κ1) is 19.2. The number of nitrogens with zero attached hydrogens (tertiary/aromatic N) is 3. The molecule has 0 bridgehead atoms. The number of benzene rings is 1. The van der Waals surface area contributed by atoms with Gasteiger partial charge in [-0.1, -0.05) is 6.92 Å². The second-order valence-electron chi connectivity index (χ2n) is 5.97. The molecule has 2 heterocycles. The van der Waals surface area contributed by atoms with Crippen molar-refractivity contribution in [2.45, 2.75) is 26.3 Å². The molecule has 0 fully saturated rings. The third-order valence-electron chi connectivity index (χ3n) is 4.22. The van der Waals surface area contributed by atoms with Crippen LogP contribution in [0.5, 0.6) is 11.5 Å². The molecule has 1 atom stereocenters. The fourth-order valence-corrected chi connectivity index (χ4v) is 3.65. The number of halogens is 1. The van der Waals surface area contributed by atoms with Crippen LogP contribution in [0.15, 0.2) is 34.2 Å². The SMILES string of the molecule is CCCOC(=O)C1=C(C)Nc2ncnn2[C@@H]1c1cc(Br)c(OC)c(OC)c1. The highest BCUT2D eigenvalue weighted by Crippen LogP contribution is 2.42. The second kappa shape index (κ2) is 7.99. The lowest BCUT2D eigenvalue weighted by Gasteiger charge is -2.28. The first-order valence-corrected chi connectivity index (χ1v) is 9.26. The lowest BCUT2D eigenvalue weighted by atomic mass is 9.95. The fourth-order valence-electron chi connectivity index (χ4n) is 3.03. The molecule has 8 nitrogen and oxygen atoms in total. The Labute approximate surface area is 165 Å². The molecule has 1 aliphatic rings. The zero-order chi connectivity index (χ0) is 19.6. The number of carbonyl (C=O) groups excluding carboxylic acids is 1. The van der Waals surface area contributed by atoms with Crippen molar-refractivity contribution in [2.75, 3.05) is 26.1 Å². The monoisotopic (exact) mass is 436 g/mol. The number of methoxy groups -OCH3 is 2. The first-order chi connectivity index (χ1) is 13.0. The van der Waals surface area contributed by atoms with E-state index in [1.165, 1.54) is 6.33 Å². The number of carbonyl (C=O) groups is 1. The van der Waals surface area contributed by atoms with Crippen LogP contribution in [0.3, 0.4) is 0 Å². The van der Waals surface area contributed by atoms with Gasteiger partial charge in [-0.05, 0) is 47.0 Å². The van der Waals surface area contributed by atoms with Crippen molar-refractivity contribution in [3.05, 3.63) is 39.8 Å². The van der Waals surface area contributed by atoms with Gasteiger partial charge in [0.15, 0.2) is 11.5 Å². The molecule has 1 aromatic carbocycles. The van der Waals surface area contributed by atoms with Crippen molar-refractivity contribution >= 4 is 27.8 Å². The summed E-state index contributed by atoms with van der Waals surface area (Å²) in [6.07, 6.45) is 2.19. The summed E-state index contributed by atoms with van der Waals surface area (Å²) in [4.78, 5) is 17.0. The van der Waals surface area contributed by atoms with Crippen LogP contribution >= 0.6 is 15.9 Å². The number of esters is 1. The van der Waals surface area contributed by atoms with Crippen LogP contribution in [0.2, 0.25) is 0 Å². The van der Waals surface area contributed by atoms with E-state index in [0.717, 1.165) is 12.0 Å². The smallest absolute Gasteiger partial charge is 0.338 e. The van der Waals surface area contributed by atoms with E-state index in [1.54, 1.807) is 18.9 Å². The quantitative estimate of drug-likeness (QED) is 0.694. The van der Waals surface area contributed by atoms with Crippen LogP contribution in [0.1, 0.15) is 31.9 Å². The average molecular weight is 437 g/mol. The van der Waals surface area contributed by atoms with Crippen molar-refractivity contribution in [1.82, 2.24) is 14.8 Å². The number of hydrogen-bond acceptors (Lipinski definition) is 7. The van der Waals surface area contributed by atoms with E-state index in [9.17, 15) is 4.79 Å². The molecule has 2 aromatic rings. The number of hydrogen-bond donors (Lipinski definition) is 1. The van der Waals surface area contributed by atoms with E-state index in [1.807, 2.05) is 26.0 Å². The number of fused-ring (bicyclic) bond motifs is 1. The Morgan fingerprint density at radius 1 is 1.33 bits per heavy atom. The lowest BCUT2D eigenvalue weighted by molar-refractivity contribution is -0.139. The molecule has 3 rings (SSSR count). The van der Waals surface area contributed by atoms with Gasteiger partial charge < -0.3 is 19.5 Å². The number of nitrogens with one attached hydrogen (secondary N) is 1. The zero-order valence-corrected chi connectivity index (χ0v) is 17.2. The number of ether oxygens (including phenoxy) is 3. The van der Waals surface area contributed by atoms with Crippen molar-refractivity contribution in [1.29, 1.82) is 0 Å². The highest BCUT2D eigenvalue weighted by Gasteiger charge is 2.35. The molecule has 27 heavy (non-hydrogen) atoms. The fraction of sp³-hybridized carbons (Fsp3) is 0.389. The summed E-state index contributed by atoms with van der Waals surface area (Å²) in [5.41, 5.74) is 1.93. The van der Waals surface area contributed by atoms with E-state index in [0.29, 0.717) is 39.8 Å². The molecule has 0 saturated heterocycles. The summed E-state index contributed by atoms with van der Waals surface area (Å²) in [7, 11) is 3.13. The van der Waals surface area contributed by atoms with Gasteiger partial charge in [0, 0.05) is 5.70 Å². The molecule has 0 aliphatic carbocycles. The summed E-state index contributed by atoms with van der Waals surface area (Å²) in [6, 6.07) is 3.19. The number of aromatic nitrogens is 3. The molecule has 0 unspecified atom stereocenters. The Morgan fingerprint density at radius 2 is 2.11 bits per heavy atom. The van der Waals surface area contributed by atoms with Gasteiger partial charge >= 0.3 is 5.97 Å². The van der Waals surface area contributed by atoms with Crippen LogP contribution in [0.25, 0.3) is 0 Å². The third kappa shape index (κ3) is 3.51. The largest absolute Gasteiger partial charge is 0.493 e. The second-order valence-corrected chi connectivity index (χ2v) is 6.82. The summed E-state index contributed by atoms with van der Waals surface area (Å²) < 4.78 is 18.6. The summed E-state index contributed by atoms with van der Waals surface area (Å²) in [5.74, 6) is 1.28. The van der Waals surface area contributed by atoms with Crippen molar-refractivity contribution in [2.24, 2.45) is 0 Å². The summed E-state index contributed by atoms with van der Waals surface area (Å²) in [6.45, 7) is 4.12. The number of rotatable bonds is 6. The number of anilines is 1. The molecular formula is C18H21BrN4O4. The maximum absolute atomic E-state index is 12.8. The van der Waals surface area contributed by atoms with Gasteiger partial charge in [0.25, 0.3) is 0 Å². The zero-order valence-electron chi connectivity index (χ0n) is 15.6. The van der Waals surface area contributed by atoms with Gasteiger partial charge in [0.2, 0.25) is 5.95 Å². The molecule has 1 aromatic heterocycles. The molecular weight excluding hydrogens is 416 g/mol. The highest BCUT2D eigenvalue weighted by atomic mass is 79.9. The van der Waals surface area contributed by atoms with Crippen molar-refractivity contribution in [3.8, 4) is 11.5 Å². The van der Waals surface area contributed by atoms with Gasteiger partial charge in [-0.25, -0.2) is 9.48 Å². The Hall–Kier alpha value is -2.55. The predicted molar refractivity (Wildman–Crippen MR) is 103 cm³/mol. The summed E-state index contributed by atoms with van der Waals surface area (Å²) in [5, 5.41) is 7.42. The summed E-state index contributed by atoms with van der Waals surface area (Å²) >= 11 is 3.51. The average Bonchev–Trinajstić information content (AvgIpc) is 3.12. The van der Waals surface area contributed by atoms with Crippen LogP contribution in [-0.2, 0) is 9.53 Å². The Kier molecular flexibility index (Phi) is 5.69. The topological polar surface area (TPSA) is 87.5 Å². The van der Waals surface area contributed by atoms with Gasteiger partial charge in [0.1, 0.15) is 12.4 Å². The van der Waals surface area contributed by atoms with Crippen LogP contribution in [0, 0.1) is 0 Å². The van der Waals surface area contributed by atoms with Crippen LogP contribution in [0.4, 0.5) is 5.95 Å². The molecule has 0 spiro atoms. The molecule has 9 heteroatoms. The molecule has 1 aliphatic heterocycles. The van der Waals surface area contributed by atoms with E-state index in [-0.39, 0.29) is 5.97 Å². The third-order valence-corrected chi connectivity index (χ3v) is 4.81. The minimum atomic E-state index is -0.510. The standard InChI is InChI=1S/C18H21BrN4O4/c1-5-6-27-17(24)14-10(2)22-18-20-9-21-23(18)15(14)11-7-12(19)16(26-4)13(8-11)25-3/h7-9,15H,5-6H2,1-4H3,(H,20,21,22)/t15-/m1/s1. The first-order valence-electron chi connectivity index (χ1n) is 8.47. The Morgan fingerprint density at radius 3 is 2.78 bits per heavy atom. The normalized spacial score (nSPS) is 15.8. The van der Waals surface area contributed by atoms with Crippen LogP contribution in [-0.4, -0.2) is 41.6 Å². The molecule has 0 radical (unpaired) electrons. The lowest BCUT2D eigenvalue weighted by Crippen LogP contribution is -2.29. The maximum atomic E-state index is 12.8. The van der Waals surface area contributed by atoms with Gasteiger partial charge in [0.05, 0.1) is 30.9 Å².